The first-order valence-corrected chi connectivity index (χ1v) is 6.53. The summed E-state index contributed by atoms with van der Waals surface area (Å²) in [5.41, 5.74) is 2.89. The molecule has 0 saturated carbocycles. The fourth-order valence-corrected chi connectivity index (χ4v) is 1.99. The highest BCUT2D eigenvalue weighted by Crippen LogP contribution is 2.25. The predicted octanol–water partition coefficient (Wildman–Crippen LogP) is 2.61. The van der Waals surface area contributed by atoms with Crippen LogP contribution in [-0.2, 0) is 20.1 Å². The normalized spacial score (nSPS) is 12.4. The Morgan fingerprint density at radius 2 is 2.11 bits per heavy atom. The summed E-state index contributed by atoms with van der Waals surface area (Å²) in [6.07, 6.45) is 0.381. The van der Waals surface area contributed by atoms with Gasteiger partial charge in [-0.15, -0.1) is 0 Å². The number of hydrogen-bond donors (Lipinski definition) is 1. The zero-order valence-corrected chi connectivity index (χ0v) is 11.6. The summed E-state index contributed by atoms with van der Waals surface area (Å²) < 4.78 is 7.64. The number of aromatic nitrogens is 2. The molecule has 0 spiro atoms. The molecule has 2 rings (SSSR count). The van der Waals surface area contributed by atoms with Crippen LogP contribution in [0.3, 0.4) is 0 Å². The van der Waals surface area contributed by atoms with Crippen molar-refractivity contribution in [1.29, 1.82) is 0 Å². The zero-order chi connectivity index (χ0) is 13.8. The second kappa shape index (κ2) is 5.89. The zero-order valence-electron chi connectivity index (χ0n) is 11.6. The van der Waals surface area contributed by atoms with E-state index in [1.807, 2.05) is 42.1 Å². The lowest BCUT2D eigenvalue weighted by Crippen LogP contribution is -2.05. The van der Waals surface area contributed by atoms with Gasteiger partial charge in [0.25, 0.3) is 0 Å². The number of ether oxygens (including phenoxy) is 1. The van der Waals surface area contributed by atoms with Crippen molar-refractivity contribution >= 4 is 0 Å². The van der Waals surface area contributed by atoms with Crippen molar-refractivity contribution in [2.45, 2.75) is 33.0 Å². The van der Waals surface area contributed by atoms with Crippen LogP contribution in [0.15, 0.2) is 30.3 Å². The average Bonchev–Trinajstić information content (AvgIpc) is 2.77. The van der Waals surface area contributed by atoms with E-state index in [0.717, 1.165) is 29.1 Å². The summed E-state index contributed by atoms with van der Waals surface area (Å²) in [6.45, 7) is 4.27. The van der Waals surface area contributed by atoms with Crippen molar-refractivity contribution in [1.82, 2.24) is 9.78 Å². The number of benzene rings is 1. The third kappa shape index (κ3) is 3.15. The van der Waals surface area contributed by atoms with Crippen molar-refractivity contribution in [2.75, 3.05) is 0 Å². The number of aliphatic hydroxyl groups is 1. The maximum Gasteiger partial charge on any atom is 0.130 e. The van der Waals surface area contributed by atoms with Gasteiger partial charge in [-0.05, 0) is 25.5 Å². The SMILES string of the molecule is CCc1cc(COc2ccccc2[C@H](C)O)n(C)n1. The summed E-state index contributed by atoms with van der Waals surface area (Å²) >= 11 is 0. The van der Waals surface area contributed by atoms with Gasteiger partial charge < -0.3 is 9.84 Å². The molecule has 19 heavy (non-hydrogen) atoms. The van der Waals surface area contributed by atoms with Crippen molar-refractivity contribution < 1.29 is 9.84 Å². The van der Waals surface area contributed by atoms with Crippen LogP contribution in [0.5, 0.6) is 5.75 Å². The molecule has 0 aliphatic rings. The number of para-hydroxylation sites is 1. The Hall–Kier alpha value is -1.81. The molecule has 1 heterocycles. The fraction of sp³-hybridized carbons (Fsp3) is 0.400. The molecule has 0 bridgehead atoms. The molecular weight excluding hydrogens is 240 g/mol. The van der Waals surface area contributed by atoms with Gasteiger partial charge in [-0.25, -0.2) is 0 Å². The van der Waals surface area contributed by atoms with E-state index in [2.05, 4.69) is 12.0 Å². The summed E-state index contributed by atoms with van der Waals surface area (Å²) in [5.74, 6) is 0.719. The van der Waals surface area contributed by atoms with Crippen molar-refractivity contribution in [3.63, 3.8) is 0 Å². The molecule has 2 aromatic rings. The lowest BCUT2D eigenvalue weighted by atomic mass is 10.1. The molecule has 1 atom stereocenters. The molecule has 0 amide bonds. The monoisotopic (exact) mass is 260 g/mol. The molecule has 4 nitrogen and oxygen atoms in total. The van der Waals surface area contributed by atoms with E-state index in [0.29, 0.717) is 6.61 Å². The van der Waals surface area contributed by atoms with Crippen LogP contribution >= 0.6 is 0 Å². The standard InChI is InChI=1S/C15H20N2O2/c1-4-12-9-13(17(3)16-12)10-19-15-8-6-5-7-14(15)11(2)18/h5-9,11,18H,4,10H2,1-3H3/t11-/m0/s1. The topological polar surface area (TPSA) is 47.3 Å². The number of hydrogen-bond acceptors (Lipinski definition) is 3. The number of aryl methyl sites for hydroxylation is 2. The van der Waals surface area contributed by atoms with Crippen molar-refractivity contribution in [3.8, 4) is 5.75 Å². The highest BCUT2D eigenvalue weighted by Gasteiger charge is 2.10. The third-order valence-electron chi connectivity index (χ3n) is 3.13. The molecule has 102 valence electrons. The van der Waals surface area contributed by atoms with Gasteiger partial charge in [0.05, 0.1) is 17.5 Å². The molecular formula is C15H20N2O2. The summed E-state index contributed by atoms with van der Waals surface area (Å²) in [5, 5.41) is 14.1. The first-order chi connectivity index (χ1) is 9.11. The number of rotatable bonds is 5. The molecule has 1 aromatic heterocycles. The summed E-state index contributed by atoms with van der Waals surface area (Å²) in [6, 6.07) is 9.60. The van der Waals surface area contributed by atoms with Crippen LogP contribution in [0.4, 0.5) is 0 Å². The minimum atomic E-state index is -0.533. The highest BCUT2D eigenvalue weighted by molar-refractivity contribution is 5.34. The highest BCUT2D eigenvalue weighted by atomic mass is 16.5. The molecule has 0 unspecified atom stereocenters. The Bertz CT molecular complexity index is 547. The van der Waals surface area contributed by atoms with Gasteiger partial charge in [0.15, 0.2) is 0 Å². The summed E-state index contributed by atoms with van der Waals surface area (Å²) in [7, 11) is 1.92. The Balaban J connectivity index is 2.12. The van der Waals surface area contributed by atoms with E-state index in [1.54, 1.807) is 6.92 Å². The first kappa shape index (κ1) is 13.6. The number of nitrogens with zero attached hydrogens (tertiary/aromatic N) is 2. The second-order valence-electron chi connectivity index (χ2n) is 4.61. The van der Waals surface area contributed by atoms with Gasteiger partial charge in [0.2, 0.25) is 0 Å². The summed E-state index contributed by atoms with van der Waals surface area (Å²) in [4.78, 5) is 0. The van der Waals surface area contributed by atoms with Gasteiger partial charge >= 0.3 is 0 Å². The van der Waals surface area contributed by atoms with Gasteiger partial charge in [0, 0.05) is 12.6 Å². The maximum absolute atomic E-state index is 9.70. The first-order valence-electron chi connectivity index (χ1n) is 6.53. The molecule has 1 aromatic carbocycles. The predicted molar refractivity (Wildman–Crippen MR) is 74.0 cm³/mol. The van der Waals surface area contributed by atoms with Crippen LogP contribution in [0.25, 0.3) is 0 Å². The van der Waals surface area contributed by atoms with Gasteiger partial charge in [-0.3, -0.25) is 4.68 Å². The molecule has 0 aliphatic carbocycles. The Morgan fingerprint density at radius 3 is 2.74 bits per heavy atom. The minimum absolute atomic E-state index is 0.452. The Morgan fingerprint density at radius 1 is 1.37 bits per heavy atom. The molecule has 1 N–H and O–H groups in total. The van der Waals surface area contributed by atoms with E-state index >= 15 is 0 Å². The smallest absolute Gasteiger partial charge is 0.130 e. The molecule has 0 radical (unpaired) electrons. The lowest BCUT2D eigenvalue weighted by Gasteiger charge is -2.13. The van der Waals surface area contributed by atoms with Crippen LogP contribution in [-0.4, -0.2) is 14.9 Å². The average molecular weight is 260 g/mol. The Labute approximate surface area is 113 Å². The molecule has 0 aliphatic heterocycles. The van der Waals surface area contributed by atoms with Gasteiger partial charge in [-0.1, -0.05) is 25.1 Å². The van der Waals surface area contributed by atoms with Gasteiger partial charge in [0.1, 0.15) is 12.4 Å². The second-order valence-corrected chi connectivity index (χ2v) is 4.61. The molecule has 0 fully saturated rings. The quantitative estimate of drug-likeness (QED) is 0.899. The van der Waals surface area contributed by atoms with E-state index in [-0.39, 0.29) is 0 Å². The van der Waals surface area contributed by atoms with Crippen molar-refractivity contribution in [3.05, 3.63) is 47.3 Å². The third-order valence-corrected chi connectivity index (χ3v) is 3.13. The maximum atomic E-state index is 9.70. The fourth-order valence-electron chi connectivity index (χ4n) is 1.99. The van der Waals surface area contributed by atoms with Crippen LogP contribution < -0.4 is 4.74 Å². The largest absolute Gasteiger partial charge is 0.487 e. The van der Waals surface area contributed by atoms with E-state index in [1.165, 1.54) is 0 Å². The lowest BCUT2D eigenvalue weighted by molar-refractivity contribution is 0.189. The molecule has 0 saturated heterocycles. The van der Waals surface area contributed by atoms with Crippen LogP contribution in [0.1, 0.15) is 36.9 Å². The minimum Gasteiger partial charge on any atom is -0.487 e. The van der Waals surface area contributed by atoms with E-state index < -0.39 is 6.10 Å². The van der Waals surface area contributed by atoms with Crippen molar-refractivity contribution in [2.24, 2.45) is 7.05 Å². The van der Waals surface area contributed by atoms with Crippen LogP contribution in [0, 0.1) is 0 Å². The van der Waals surface area contributed by atoms with Crippen LogP contribution in [0.2, 0.25) is 0 Å². The Kier molecular flexibility index (Phi) is 4.22. The van der Waals surface area contributed by atoms with E-state index in [9.17, 15) is 5.11 Å². The molecule has 4 heteroatoms. The number of aliphatic hydroxyl groups excluding tert-OH is 1. The van der Waals surface area contributed by atoms with E-state index in [4.69, 9.17) is 4.74 Å². The van der Waals surface area contributed by atoms with Gasteiger partial charge in [-0.2, -0.15) is 5.10 Å².